The van der Waals surface area contributed by atoms with E-state index in [-0.39, 0.29) is 30.8 Å². The Bertz CT molecular complexity index is 1010. The molecule has 1 fully saturated rings. The Kier molecular flexibility index (Phi) is 5.80. The second-order valence-corrected chi connectivity index (χ2v) is 7.52. The Morgan fingerprint density at radius 1 is 0.906 bits per heavy atom. The molecule has 2 aliphatic heterocycles. The first-order chi connectivity index (χ1) is 15.5. The first-order valence-electron chi connectivity index (χ1n) is 10.5. The van der Waals surface area contributed by atoms with Crippen molar-refractivity contribution in [2.45, 2.75) is 32.6 Å². The maximum Gasteiger partial charge on any atom is 0.326 e. The predicted octanol–water partition coefficient (Wildman–Crippen LogP) is 2.88. The zero-order valence-electron chi connectivity index (χ0n) is 17.8. The molecule has 8 nitrogen and oxygen atoms in total. The summed E-state index contributed by atoms with van der Waals surface area (Å²) in [5, 5.41) is 0. The summed E-state index contributed by atoms with van der Waals surface area (Å²) in [6.45, 7) is 3.34. The van der Waals surface area contributed by atoms with Crippen LogP contribution in [0.2, 0.25) is 0 Å². The average molecular weight is 437 g/mol. The monoisotopic (exact) mass is 437 g/mol. The number of carbonyl (C=O) groups is 4. The van der Waals surface area contributed by atoms with Gasteiger partial charge in [0.15, 0.2) is 5.41 Å². The molecule has 2 heterocycles. The van der Waals surface area contributed by atoms with Crippen LogP contribution in [-0.4, -0.2) is 48.1 Å². The van der Waals surface area contributed by atoms with Crippen LogP contribution in [0.15, 0.2) is 54.6 Å². The van der Waals surface area contributed by atoms with Crippen LogP contribution < -0.4 is 0 Å². The van der Waals surface area contributed by atoms with Crippen LogP contribution in [0.25, 0.3) is 0 Å². The lowest BCUT2D eigenvalue weighted by atomic mass is 9.77. The highest BCUT2D eigenvalue weighted by Gasteiger charge is 2.64. The van der Waals surface area contributed by atoms with Crippen molar-refractivity contribution < 1.29 is 33.4 Å². The molecule has 2 amide bonds. The molecule has 0 spiro atoms. The Morgan fingerprint density at radius 3 is 1.91 bits per heavy atom. The SMILES string of the molecule is CCOC(=O)C1(C(=O)OCC)C[C@H](N2C(=O)c3ccccc3C2=O)O[C@@H]1c1ccccc1. The first kappa shape index (κ1) is 21.7. The molecule has 0 aliphatic carbocycles. The molecule has 0 aromatic heterocycles. The van der Waals surface area contributed by atoms with E-state index in [0.29, 0.717) is 5.56 Å². The average Bonchev–Trinajstić information content (AvgIpc) is 3.32. The van der Waals surface area contributed by atoms with E-state index in [2.05, 4.69) is 0 Å². The zero-order chi connectivity index (χ0) is 22.9. The van der Waals surface area contributed by atoms with Gasteiger partial charge in [0.1, 0.15) is 12.3 Å². The molecule has 2 atom stereocenters. The molecule has 0 radical (unpaired) electrons. The largest absolute Gasteiger partial charge is 0.465 e. The highest BCUT2D eigenvalue weighted by molar-refractivity contribution is 6.21. The number of amides is 2. The van der Waals surface area contributed by atoms with E-state index in [4.69, 9.17) is 14.2 Å². The van der Waals surface area contributed by atoms with E-state index in [9.17, 15) is 19.2 Å². The van der Waals surface area contributed by atoms with Crippen LogP contribution in [0.3, 0.4) is 0 Å². The van der Waals surface area contributed by atoms with Crippen molar-refractivity contribution in [2.75, 3.05) is 13.2 Å². The van der Waals surface area contributed by atoms with E-state index in [1.54, 1.807) is 68.4 Å². The second-order valence-electron chi connectivity index (χ2n) is 7.52. The number of hydrogen-bond donors (Lipinski definition) is 0. The number of carbonyl (C=O) groups excluding carboxylic acids is 4. The number of fused-ring (bicyclic) bond motifs is 1. The standard InChI is InChI=1S/C24H23NO7/c1-3-30-22(28)24(23(29)31-4-2)14-18(32-19(24)15-10-6-5-7-11-15)25-20(26)16-12-8-9-13-17(16)21(25)27/h5-13,18-19H,3-4,14H2,1-2H3/t18-,19-/m1/s1. The summed E-state index contributed by atoms with van der Waals surface area (Å²) >= 11 is 0. The van der Waals surface area contributed by atoms with Crippen LogP contribution in [0, 0.1) is 5.41 Å². The summed E-state index contributed by atoms with van der Waals surface area (Å²) in [4.78, 5) is 53.5. The van der Waals surface area contributed by atoms with Gasteiger partial charge in [0.25, 0.3) is 11.8 Å². The van der Waals surface area contributed by atoms with Gasteiger partial charge in [0.2, 0.25) is 0 Å². The third kappa shape index (κ3) is 3.27. The van der Waals surface area contributed by atoms with Gasteiger partial charge < -0.3 is 14.2 Å². The van der Waals surface area contributed by atoms with Gasteiger partial charge in [-0.05, 0) is 31.5 Å². The van der Waals surface area contributed by atoms with Crippen molar-refractivity contribution in [3.05, 3.63) is 71.3 Å². The summed E-state index contributed by atoms with van der Waals surface area (Å²) in [6.07, 6.45) is -2.52. The summed E-state index contributed by atoms with van der Waals surface area (Å²) in [5.74, 6) is -2.70. The number of nitrogens with zero attached hydrogens (tertiary/aromatic N) is 1. The fourth-order valence-electron chi connectivity index (χ4n) is 4.30. The van der Waals surface area contributed by atoms with E-state index < -0.39 is 41.5 Å². The number of benzene rings is 2. The normalized spacial score (nSPS) is 21.4. The molecule has 0 N–H and O–H groups in total. The molecule has 2 aromatic carbocycles. The van der Waals surface area contributed by atoms with E-state index >= 15 is 0 Å². The maximum absolute atomic E-state index is 13.2. The molecule has 166 valence electrons. The van der Waals surface area contributed by atoms with Crippen molar-refractivity contribution >= 4 is 23.8 Å². The molecule has 8 heteroatoms. The van der Waals surface area contributed by atoms with Crippen LogP contribution in [-0.2, 0) is 23.8 Å². The summed E-state index contributed by atoms with van der Waals surface area (Å²) < 4.78 is 16.7. The molecule has 0 saturated carbocycles. The topological polar surface area (TPSA) is 99.2 Å². The zero-order valence-corrected chi connectivity index (χ0v) is 17.8. The number of hydrogen-bond acceptors (Lipinski definition) is 7. The van der Waals surface area contributed by atoms with Gasteiger partial charge in [-0.2, -0.15) is 0 Å². The quantitative estimate of drug-likeness (QED) is 0.389. The van der Waals surface area contributed by atoms with E-state index in [0.717, 1.165) is 4.90 Å². The van der Waals surface area contributed by atoms with Crippen molar-refractivity contribution in [2.24, 2.45) is 5.41 Å². The minimum Gasteiger partial charge on any atom is -0.465 e. The van der Waals surface area contributed by atoms with Crippen LogP contribution in [0.4, 0.5) is 0 Å². The lowest BCUT2D eigenvalue weighted by Gasteiger charge is -2.29. The Balaban J connectivity index is 1.80. The highest BCUT2D eigenvalue weighted by Crippen LogP contribution is 2.51. The minimum atomic E-state index is -1.87. The fourth-order valence-corrected chi connectivity index (χ4v) is 4.30. The molecular formula is C24H23NO7. The lowest BCUT2D eigenvalue weighted by Crippen LogP contribution is -2.46. The molecule has 2 aliphatic rings. The molecule has 32 heavy (non-hydrogen) atoms. The van der Waals surface area contributed by atoms with Crippen molar-refractivity contribution in [1.29, 1.82) is 0 Å². The third-order valence-corrected chi connectivity index (χ3v) is 5.73. The summed E-state index contributed by atoms with van der Waals surface area (Å²) in [7, 11) is 0. The minimum absolute atomic E-state index is 0.0409. The van der Waals surface area contributed by atoms with Gasteiger partial charge in [-0.3, -0.25) is 19.2 Å². The number of ether oxygens (including phenoxy) is 3. The van der Waals surface area contributed by atoms with Gasteiger partial charge in [-0.25, -0.2) is 4.90 Å². The van der Waals surface area contributed by atoms with Gasteiger partial charge in [0, 0.05) is 6.42 Å². The molecule has 2 aromatic rings. The first-order valence-corrected chi connectivity index (χ1v) is 10.5. The third-order valence-electron chi connectivity index (χ3n) is 5.73. The number of imide groups is 1. The van der Waals surface area contributed by atoms with Crippen molar-refractivity contribution in [3.63, 3.8) is 0 Å². The van der Waals surface area contributed by atoms with Gasteiger partial charge in [0.05, 0.1) is 24.3 Å². The van der Waals surface area contributed by atoms with Crippen molar-refractivity contribution in [3.8, 4) is 0 Å². The maximum atomic E-state index is 13.2. The van der Waals surface area contributed by atoms with Crippen LogP contribution in [0.5, 0.6) is 0 Å². The Labute approximate surface area is 185 Å². The van der Waals surface area contributed by atoms with Gasteiger partial charge in [-0.15, -0.1) is 0 Å². The summed E-state index contributed by atoms with van der Waals surface area (Å²) in [5.41, 5.74) is -0.829. The fraction of sp³-hybridized carbons (Fsp3) is 0.333. The van der Waals surface area contributed by atoms with Gasteiger partial charge in [-0.1, -0.05) is 42.5 Å². The number of rotatable bonds is 6. The molecule has 1 saturated heterocycles. The molecule has 0 bridgehead atoms. The second kappa shape index (κ2) is 8.55. The van der Waals surface area contributed by atoms with E-state index in [1.165, 1.54) is 0 Å². The Morgan fingerprint density at radius 2 is 1.41 bits per heavy atom. The van der Waals surface area contributed by atoms with Crippen molar-refractivity contribution in [1.82, 2.24) is 4.90 Å². The molecular weight excluding hydrogens is 414 g/mol. The smallest absolute Gasteiger partial charge is 0.326 e. The number of esters is 2. The highest BCUT2D eigenvalue weighted by atomic mass is 16.6. The van der Waals surface area contributed by atoms with Crippen LogP contribution in [0.1, 0.15) is 52.7 Å². The summed E-state index contributed by atoms with van der Waals surface area (Å²) in [6, 6.07) is 15.1. The molecule has 4 rings (SSSR count). The molecule has 0 unspecified atom stereocenters. The van der Waals surface area contributed by atoms with E-state index in [1.807, 2.05) is 0 Å². The predicted molar refractivity (Wildman–Crippen MR) is 111 cm³/mol. The van der Waals surface area contributed by atoms with Crippen LogP contribution >= 0.6 is 0 Å². The van der Waals surface area contributed by atoms with Gasteiger partial charge >= 0.3 is 11.9 Å². The Hall–Kier alpha value is -3.52. The lowest BCUT2D eigenvalue weighted by molar-refractivity contribution is -0.177.